The van der Waals surface area contributed by atoms with Crippen LogP contribution >= 0.6 is 0 Å². The summed E-state index contributed by atoms with van der Waals surface area (Å²) in [5.41, 5.74) is 2.26. The number of hydrogen-bond acceptors (Lipinski definition) is 3. The molecular weight excluding hydrogens is 262 g/mol. The normalized spacial score (nSPS) is 12.1. The van der Waals surface area contributed by atoms with Gasteiger partial charge in [0.1, 0.15) is 18.1 Å². The summed E-state index contributed by atoms with van der Waals surface area (Å²) in [4.78, 5) is 0. The Morgan fingerprint density at radius 2 is 1.86 bits per heavy atom. The van der Waals surface area contributed by atoms with Crippen LogP contribution in [0.5, 0.6) is 11.5 Å². The molecule has 112 valence electrons. The van der Waals surface area contributed by atoms with Gasteiger partial charge in [-0.15, -0.1) is 0 Å². The van der Waals surface area contributed by atoms with Gasteiger partial charge >= 0.3 is 0 Å². The van der Waals surface area contributed by atoms with E-state index in [4.69, 9.17) is 4.74 Å². The molecule has 3 heteroatoms. The van der Waals surface area contributed by atoms with Gasteiger partial charge in [0, 0.05) is 6.04 Å². The molecular formula is C18H23NO2. The molecule has 2 rings (SSSR count). The number of hydrogen-bond donors (Lipinski definition) is 2. The van der Waals surface area contributed by atoms with Crippen molar-refractivity contribution in [2.24, 2.45) is 0 Å². The summed E-state index contributed by atoms with van der Waals surface area (Å²) in [6.45, 7) is 5.76. The van der Waals surface area contributed by atoms with E-state index in [0.29, 0.717) is 12.6 Å². The maximum Gasteiger partial charge on any atom is 0.119 e. The zero-order valence-corrected chi connectivity index (χ0v) is 12.7. The summed E-state index contributed by atoms with van der Waals surface area (Å²) in [7, 11) is 0. The fraction of sp³-hybridized carbons (Fsp3) is 0.333. The Bertz CT molecular complexity index is 551. The Balaban J connectivity index is 1.87. The molecule has 0 aliphatic rings. The summed E-state index contributed by atoms with van der Waals surface area (Å²) in [6, 6.07) is 15.8. The second-order valence-corrected chi connectivity index (χ2v) is 5.27. The first-order valence-electron chi connectivity index (χ1n) is 7.40. The maximum atomic E-state index is 9.41. The Hall–Kier alpha value is -2.00. The molecule has 2 N–H and O–H groups in total. The predicted octanol–water partition coefficient (Wildman–Crippen LogP) is 3.51. The second-order valence-electron chi connectivity index (χ2n) is 5.27. The van der Waals surface area contributed by atoms with Crippen LogP contribution in [0.3, 0.4) is 0 Å². The molecule has 1 atom stereocenters. The summed E-state index contributed by atoms with van der Waals surface area (Å²) < 4.78 is 5.73. The quantitative estimate of drug-likeness (QED) is 0.818. The predicted molar refractivity (Wildman–Crippen MR) is 85.7 cm³/mol. The molecule has 0 aromatic heterocycles. The van der Waals surface area contributed by atoms with Gasteiger partial charge in [0.05, 0.1) is 0 Å². The molecule has 3 nitrogen and oxygen atoms in total. The van der Waals surface area contributed by atoms with E-state index in [1.807, 2.05) is 24.3 Å². The van der Waals surface area contributed by atoms with E-state index in [-0.39, 0.29) is 5.75 Å². The van der Waals surface area contributed by atoms with Gasteiger partial charge in [-0.1, -0.05) is 31.2 Å². The third-order valence-corrected chi connectivity index (χ3v) is 3.33. The van der Waals surface area contributed by atoms with Crippen LogP contribution in [0.1, 0.15) is 25.0 Å². The molecule has 1 unspecified atom stereocenters. The van der Waals surface area contributed by atoms with E-state index in [1.165, 1.54) is 5.56 Å². The highest BCUT2D eigenvalue weighted by Crippen LogP contribution is 2.17. The Labute approximate surface area is 126 Å². The topological polar surface area (TPSA) is 41.5 Å². The van der Waals surface area contributed by atoms with E-state index >= 15 is 0 Å². The minimum Gasteiger partial charge on any atom is -0.508 e. The molecule has 0 radical (unpaired) electrons. The van der Waals surface area contributed by atoms with Crippen molar-refractivity contribution in [3.63, 3.8) is 0 Å². The third-order valence-electron chi connectivity index (χ3n) is 3.33. The van der Waals surface area contributed by atoms with E-state index in [0.717, 1.165) is 24.3 Å². The number of nitrogens with one attached hydrogen (secondary N) is 1. The summed E-state index contributed by atoms with van der Waals surface area (Å²) in [6.07, 6.45) is 1.01. The molecule has 0 heterocycles. The molecule has 0 aliphatic carbocycles. The lowest BCUT2D eigenvalue weighted by Gasteiger charge is -2.12. The van der Waals surface area contributed by atoms with Crippen molar-refractivity contribution in [3.05, 3.63) is 59.7 Å². The zero-order valence-electron chi connectivity index (χ0n) is 12.7. The van der Waals surface area contributed by atoms with E-state index in [1.54, 1.807) is 12.1 Å². The number of phenols is 1. The van der Waals surface area contributed by atoms with E-state index < -0.39 is 0 Å². The van der Waals surface area contributed by atoms with Gasteiger partial charge in [-0.3, -0.25) is 0 Å². The lowest BCUT2D eigenvalue weighted by Crippen LogP contribution is -2.27. The summed E-state index contributed by atoms with van der Waals surface area (Å²) in [5.74, 6) is 1.11. The maximum absolute atomic E-state index is 9.41. The minimum absolute atomic E-state index is 0.267. The highest BCUT2D eigenvalue weighted by atomic mass is 16.5. The number of ether oxygens (including phenoxy) is 1. The van der Waals surface area contributed by atoms with Gasteiger partial charge < -0.3 is 15.2 Å². The Morgan fingerprint density at radius 3 is 2.52 bits per heavy atom. The van der Waals surface area contributed by atoms with E-state index in [9.17, 15) is 5.11 Å². The van der Waals surface area contributed by atoms with Crippen LogP contribution in [0.2, 0.25) is 0 Å². The fourth-order valence-electron chi connectivity index (χ4n) is 2.31. The number of rotatable bonds is 7. The lowest BCUT2D eigenvalue weighted by atomic mass is 10.1. The second kappa shape index (κ2) is 7.70. The van der Waals surface area contributed by atoms with Crippen LogP contribution in [0.25, 0.3) is 0 Å². The van der Waals surface area contributed by atoms with Crippen molar-refractivity contribution in [2.45, 2.75) is 32.9 Å². The molecule has 0 aliphatic heterocycles. The summed E-state index contributed by atoms with van der Waals surface area (Å²) in [5, 5.41) is 12.8. The zero-order chi connectivity index (χ0) is 15.1. The lowest BCUT2D eigenvalue weighted by molar-refractivity contribution is 0.305. The molecule has 2 aromatic rings. The Morgan fingerprint density at radius 1 is 1.10 bits per heavy atom. The van der Waals surface area contributed by atoms with Crippen molar-refractivity contribution in [2.75, 3.05) is 6.54 Å². The average molecular weight is 285 g/mol. The first kappa shape index (κ1) is 15.4. The van der Waals surface area contributed by atoms with Crippen LogP contribution < -0.4 is 10.1 Å². The largest absolute Gasteiger partial charge is 0.508 e. The van der Waals surface area contributed by atoms with Crippen LogP contribution in [-0.2, 0) is 13.0 Å². The third kappa shape index (κ3) is 5.12. The standard InChI is InChI=1S/C18H23NO2/c1-3-19-14(2)11-15-7-9-18(10-8-15)21-13-16-5-4-6-17(20)12-16/h4-10,12,14,19-20H,3,11,13H2,1-2H3. The van der Waals surface area contributed by atoms with Gasteiger partial charge in [-0.25, -0.2) is 0 Å². The Kier molecular flexibility index (Phi) is 5.64. The first-order chi connectivity index (χ1) is 10.2. The highest BCUT2D eigenvalue weighted by molar-refractivity contribution is 5.30. The van der Waals surface area contributed by atoms with Crippen LogP contribution in [-0.4, -0.2) is 17.7 Å². The fourth-order valence-corrected chi connectivity index (χ4v) is 2.31. The van der Waals surface area contributed by atoms with Crippen molar-refractivity contribution in [1.82, 2.24) is 5.32 Å². The molecule has 0 saturated carbocycles. The highest BCUT2D eigenvalue weighted by Gasteiger charge is 2.02. The van der Waals surface area contributed by atoms with Crippen LogP contribution in [0, 0.1) is 0 Å². The number of phenolic OH excluding ortho intramolecular Hbond substituents is 1. The molecule has 0 amide bonds. The number of benzene rings is 2. The summed E-state index contributed by atoms with van der Waals surface area (Å²) >= 11 is 0. The molecule has 0 fully saturated rings. The van der Waals surface area contributed by atoms with Gasteiger partial charge in [-0.05, 0) is 55.3 Å². The minimum atomic E-state index is 0.267. The van der Waals surface area contributed by atoms with Crippen molar-refractivity contribution < 1.29 is 9.84 Å². The molecule has 0 saturated heterocycles. The van der Waals surface area contributed by atoms with Crippen LogP contribution in [0.4, 0.5) is 0 Å². The van der Waals surface area contributed by atoms with Crippen molar-refractivity contribution >= 4 is 0 Å². The van der Waals surface area contributed by atoms with Gasteiger partial charge in [0.2, 0.25) is 0 Å². The molecule has 21 heavy (non-hydrogen) atoms. The molecule has 2 aromatic carbocycles. The van der Waals surface area contributed by atoms with Gasteiger partial charge in [0.15, 0.2) is 0 Å². The van der Waals surface area contributed by atoms with Crippen molar-refractivity contribution in [3.8, 4) is 11.5 Å². The smallest absolute Gasteiger partial charge is 0.119 e. The van der Waals surface area contributed by atoms with Gasteiger partial charge in [0.25, 0.3) is 0 Å². The SMILES string of the molecule is CCNC(C)Cc1ccc(OCc2cccc(O)c2)cc1. The average Bonchev–Trinajstić information content (AvgIpc) is 2.47. The monoisotopic (exact) mass is 285 g/mol. The van der Waals surface area contributed by atoms with Crippen molar-refractivity contribution in [1.29, 1.82) is 0 Å². The first-order valence-corrected chi connectivity index (χ1v) is 7.40. The number of likely N-dealkylation sites (N-methyl/N-ethyl adjacent to an activating group) is 1. The molecule has 0 spiro atoms. The number of aromatic hydroxyl groups is 1. The molecule has 0 bridgehead atoms. The van der Waals surface area contributed by atoms with Crippen LogP contribution in [0.15, 0.2) is 48.5 Å². The van der Waals surface area contributed by atoms with Gasteiger partial charge in [-0.2, -0.15) is 0 Å². The van der Waals surface area contributed by atoms with E-state index in [2.05, 4.69) is 31.3 Å².